The Kier molecular flexibility index (Phi) is 13.2. The molecule has 0 fully saturated rings. The second-order valence-electron chi connectivity index (χ2n) is 3.87. The van der Waals surface area contributed by atoms with Crippen molar-refractivity contribution < 1.29 is 23.7 Å². The zero-order valence-electron chi connectivity index (χ0n) is 12.3. The van der Waals surface area contributed by atoms with E-state index in [-0.39, 0.29) is 12.0 Å². The lowest BCUT2D eigenvalue weighted by atomic mass is 10.2. The number of nitrogens with one attached hydrogen (secondary N) is 1. The van der Waals surface area contributed by atoms with Gasteiger partial charge in [-0.3, -0.25) is 4.79 Å². The molecule has 0 radical (unpaired) electrons. The highest BCUT2D eigenvalue weighted by molar-refractivity contribution is 5.75. The Labute approximate surface area is 115 Å². The van der Waals surface area contributed by atoms with Crippen LogP contribution in [0.25, 0.3) is 0 Å². The van der Waals surface area contributed by atoms with E-state index in [4.69, 9.17) is 18.9 Å². The summed E-state index contributed by atoms with van der Waals surface area (Å²) in [5, 5.41) is 3.08. The second kappa shape index (κ2) is 13.7. The van der Waals surface area contributed by atoms with E-state index < -0.39 is 0 Å². The van der Waals surface area contributed by atoms with Crippen molar-refractivity contribution in [2.75, 3.05) is 53.3 Å². The molecule has 0 rings (SSSR count). The Morgan fingerprint density at radius 1 is 1.05 bits per heavy atom. The summed E-state index contributed by atoms with van der Waals surface area (Å²) in [5.74, 6) is -0.218. The van der Waals surface area contributed by atoms with Gasteiger partial charge in [0.05, 0.1) is 33.0 Å². The third-order valence-electron chi connectivity index (χ3n) is 2.38. The van der Waals surface area contributed by atoms with E-state index in [1.54, 1.807) is 14.0 Å². The molecule has 0 spiro atoms. The Bertz CT molecular complexity index is 213. The second-order valence-corrected chi connectivity index (χ2v) is 3.87. The third-order valence-corrected chi connectivity index (χ3v) is 2.38. The lowest BCUT2D eigenvalue weighted by molar-refractivity contribution is -0.146. The number of rotatable bonds is 13. The van der Waals surface area contributed by atoms with E-state index in [9.17, 15) is 4.79 Å². The number of ether oxygens (including phenoxy) is 4. The molecule has 0 aromatic rings. The molecule has 0 aliphatic rings. The molecule has 0 aromatic carbocycles. The molecule has 0 aliphatic heterocycles. The highest BCUT2D eigenvalue weighted by Crippen LogP contribution is 1.97. The van der Waals surface area contributed by atoms with Crippen molar-refractivity contribution in [1.82, 2.24) is 5.32 Å². The van der Waals surface area contributed by atoms with Gasteiger partial charge in [0, 0.05) is 13.7 Å². The molecule has 1 N–H and O–H groups in total. The lowest BCUT2D eigenvalue weighted by Crippen LogP contribution is -2.39. The average molecular weight is 277 g/mol. The van der Waals surface area contributed by atoms with Gasteiger partial charge in [-0.25, -0.2) is 0 Å². The van der Waals surface area contributed by atoms with Crippen molar-refractivity contribution in [3.05, 3.63) is 0 Å². The molecule has 0 aromatic heterocycles. The summed E-state index contributed by atoms with van der Waals surface area (Å²) in [6.45, 7) is 7.60. The summed E-state index contributed by atoms with van der Waals surface area (Å²) in [7, 11) is 1.64. The minimum absolute atomic E-state index is 0.218. The lowest BCUT2D eigenvalue weighted by Gasteiger charge is -2.16. The van der Waals surface area contributed by atoms with Gasteiger partial charge < -0.3 is 24.3 Å². The van der Waals surface area contributed by atoms with Gasteiger partial charge in [-0.1, -0.05) is 6.92 Å². The molecule has 1 unspecified atom stereocenters. The van der Waals surface area contributed by atoms with Crippen molar-refractivity contribution in [1.29, 1.82) is 0 Å². The van der Waals surface area contributed by atoms with Crippen LogP contribution >= 0.6 is 0 Å². The topological polar surface area (TPSA) is 66.0 Å². The van der Waals surface area contributed by atoms with Gasteiger partial charge in [0.2, 0.25) is 0 Å². The van der Waals surface area contributed by atoms with Crippen LogP contribution in [0.15, 0.2) is 0 Å². The maximum Gasteiger partial charge on any atom is 0.323 e. The fraction of sp³-hybridized carbons (Fsp3) is 0.923. The van der Waals surface area contributed by atoms with E-state index in [1.165, 1.54) is 0 Å². The predicted molar refractivity (Wildman–Crippen MR) is 72.2 cm³/mol. The predicted octanol–water partition coefficient (Wildman–Crippen LogP) is 0.597. The number of esters is 1. The fourth-order valence-corrected chi connectivity index (χ4v) is 1.46. The number of methoxy groups -OCH3 is 1. The summed E-state index contributed by atoms with van der Waals surface area (Å²) in [6, 6.07) is -0.292. The smallest absolute Gasteiger partial charge is 0.323 e. The number of hydrogen-bond donors (Lipinski definition) is 1. The highest BCUT2D eigenvalue weighted by atomic mass is 16.5. The van der Waals surface area contributed by atoms with Gasteiger partial charge in [-0.05, 0) is 19.9 Å². The van der Waals surface area contributed by atoms with Crippen molar-refractivity contribution in [2.24, 2.45) is 0 Å². The zero-order chi connectivity index (χ0) is 14.3. The molecule has 0 saturated heterocycles. The zero-order valence-corrected chi connectivity index (χ0v) is 12.3. The maximum absolute atomic E-state index is 11.6. The fourth-order valence-electron chi connectivity index (χ4n) is 1.46. The van der Waals surface area contributed by atoms with Gasteiger partial charge in [0.25, 0.3) is 0 Å². The largest absolute Gasteiger partial charge is 0.465 e. The van der Waals surface area contributed by atoms with Crippen LogP contribution in [-0.4, -0.2) is 65.3 Å². The molecule has 6 heteroatoms. The van der Waals surface area contributed by atoms with Gasteiger partial charge in [-0.2, -0.15) is 0 Å². The summed E-state index contributed by atoms with van der Waals surface area (Å²) < 4.78 is 20.5. The molecule has 114 valence electrons. The normalized spacial score (nSPS) is 12.4. The van der Waals surface area contributed by atoms with Crippen molar-refractivity contribution in [3.63, 3.8) is 0 Å². The monoisotopic (exact) mass is 277 g/mol. The Morgan fingerprint density at radius 3 is 2.26 bits per heavy atom. The Hall–Kier alpha value is -0.690. The molecule has 1 atom stereocenters. The van der Waals surface area contributed by atoms with Gasteiger partial charge in [0.1, 0.15) is 6.04 Å². The van der Waals surface area contributed by atoms with Gasteiger partial charge in [-0.15, -0.1) is 0 Å². The number of hydrogen-bond acceptors (Lipinski definition) is 6. The van der Waals surface area contributed by atoms with Crippen LogP contribution in [0.5, 0.6) is 0 Å². The first-order valence-corrected chi connectivity index (χ1v) is 6.80. The molecule has 6 nitrogen and oxygen atoms in total. The van der Waals surface area contributed by atoms with Crippen LogP contribution < -0.4 is 5.32 Å². The van der Waals surface area contributed by atoms with Crippen LogP contribution in [0, 0.1) is 0 Å². The molecular weight excluding hydrogens is 250 g/mol. The van der Waals surface area contributed by atoms with Crippen LogP contribution in [-0.2, 0) is 23.7 Å². The molecule has 0 amide bonds. The molecular formula is C13H27NO5. The average Bonchev–Trinajstić information content (AvgIpc) is 2.40. The van der Waals surface area contributed by atoms with Crippen molar-refractivity contribution in [3.8, 4) is 0 Å². The van der Waals surface area contributed by atoms with E-state index >= 15 is 0 Å². The first kappa shape index (κ1) is 18.3. The summed E-state index contributed by atoms with van der Waals surface area (Å²) in [5.41, 5.74) is 0. The van der Waals surface area contributed by atoms with Crippen LogP contribution in [0.3, 0.4) is 0 Å². The first-order chi connectivity index (χ1) is 9.26. The quantitative estimate of drug-likeness (QED) is 0.393. The summed E-state index contributed by atoms with van der Waals surface area (Å²) >= 11 is 0. The first-order valence-electron chi connectivity index (χ1n) is 6.80. The number of carbonyl (C=O) groups excluding carboxylic acids is 1. The minimum atomic E-state index is -0.292. The standard InChI is InChI=1S/C13H27NO5/c1-4-14-12(13(15)19-5-2)6-7-17-10-11-18-9-8-16-3/h12,14H,4-11H2,1-3H3. The third kappa shape index (κ3) is 10.9. The highest BCUT2D eigenvalue weighted by Gasteiger charge is 2.17. The van der Waals surface area contributed by atoms with E-state index in [2.05, 4.69) is 5.32 Å². The minimum Gasteiger partial charge on any atom is -0.465 e. The molecule has 0 heterocycles. The molecule has 0 aliphatic carbocycles. The molecule has 0 bridgehead atoms. The SMILES string of the molecule is CCNC(CCOCCOCCOC)C(=O)OCC. The molecule has 19 heavy (non-hydrogen) atoms. The summed E-state index contributed by atoms with van der Waals surface area (Å²) in [4.78, 5) is 11.6. The van der Waals surface area contributed by atoms with E-state index in [0.717, 1.165) is 6.54 Å². The number of likely N-dealkylation sites (N-methyl/N-ethyl adjacent to an activating group) is 1. The maximum atomic E-state index is 11.6. The van der Waals surface area contributed by atoms with Crippen LogP contribution in [0.4, 0.5) is 0 Å². The van der Waals surface area contributed by atoms with Gasteiger partial charge in [0.15, 0.2) is 0 Å². The van der Waals surface area contributed by atoms with Crippen LogP contribution in [0.2, 0.25) is 0 Å². The van der Waals surface area contributed by atoms with Crippen molar-refractivity contribution >= 4 is 5.97 Å². The van der Waals surface area contributed by atoms with Gasteiger partial charge >= 0.3 is 5.97 Å². The Morgan fingerprint density at radius 2 is 1.68 bits per heavy atom. The van der Waals surface area contributed by atoms with E-state index in [0.29, 0.717) is 46.1 Å². The van der Waals surface area contributed by atoms with E-state index in [1.807, 2.05) is 6.92 Å². The Balaban J connectivity index is 3.55. The summed E-state index contributed by atoms with van der Waals surface area (Å²) in [6.07, 6.45) is 0.602. The molecule has 0 saturated carbocycles. The van der Waals surface area contributed by atoms with Crippen LogP contribution in [0.1, 0.15) is 20.3 Å². The number of carbonyl (C=O) groups is 1. The van der Waals surface area contributed by atoms with Crippen molar-refractivity contribution in [2.45, 2.75) is 26.3 Å².